The van der Waals surface area contributed by atoms with Crippen LogP contribution >= 0.6 is 12.2 Å². The Morgan fingerprint density at radius 1 is 1.50 bits per heavy atom. The SMILES string of the molecule is CC1(Cn2cn[nH]c2=S)CCCCC1. The van der Waals surface area contributed by atoms with E-state index in [9.17, 15) is 0 Å². The molecule has 0 amide bonds. The van der Waals surface area contributed by atoms with Crippen LogP contribution in [0.1, 0.15) is 39.0 Å². The molecule has 1 aliphatic carbocycles. The largest absolute Gasteiger partial charge is 0.306 e. The second-order valence-corrected chi connectivity index (χ2v) is 5.05. The molecule has 1 saturated carbocycles. The van der Waals surface area contributed by atoms with E-state index in [-0.39, 0.29) is 0 Å². The highest BCUT2D eigenvalue weighted by atomic mass is 32.1. The fraction of sp³-hybridized carbons (Fsp3) is 0.800. The minimum atomic E-state index is 0.431. The third-order valence-corrected chi connectivity index (χ3v) is 3.56. The Kier molecular flexibility index (Phi) is 2.72. The highest BCUT2D eigenvalue weighted by Crippen LogP contribution is 2.36. The highest BCUT2D eigenvalue weighted by molar-refractivity contribution is 7.71. The van der Waals surface area contributed by atoms with Crippen molar-refractivity contribution in [1.82, 2.24) is 14.8 Å². The van der Waals surface area contributed by atoms with Crippen LogP contribution in [-0.2, 0) is 6.54 Å². The van der Waals surface area contributed by atoms with Crippen molar-refractivity contribution in [3.8, 4) is 0 Å². The molecule has 1 fully saturated rings. The van der Waals surface area contributed by atoms with Crippen LogP contribution in [-0.4, -0.2) is 14.8 Å². The number of aromatic amines is 1. The van der Waals surface area contributed by atoms with Crippen LogP contribution in [0.2, 0.25) is 0 Å². The van der Waals surface area contributed by atoms with Gasteiger partial charge in [-0.25, -0.2) is 0 Å². The lowest BCUT2D eigenvalue weighted by molar-refractivity contribution is 0.182. The maximum atomic E-state index is 5.15. The summed E-state index contributed by atoms with van der Waals surface area (Å²) in [4.78, 5) is 0. The molecule has 1 N–H and O–H groups in total. The van der Waals surface area contributed by atoms with E-state index in [1.54, 1.807) is 0 Å². The first-order valence-corrected chi connectivity index (χ1v) is 5.70. The molecule has 1 aromatic rings. The van der Waals surface area contributed by atoms with Gasteiger partial charge in [0.2, 0.25) is 0 Å². The Labute approximate surface area is 89.5 Å². The van der Waals surface area contributed by atoms with Crippen LogP contribution in [0.3, 0.4) is 0 Å². The Bertz CT molecular complexity index is 346. The summed E-state index contributed by atoms with van der Waals surface area (Å²) >= 11 is 5.15. The molecule has 0 unspecified atom stereocenters. The molecule has 2 rings (SSSR count). The normalized spacial score (nSPS) is 20.9. The Balaban J connectivity index is 2.09. The fourth-order valence-corrected chi connectivity index (χ4v) is 2.52. The molecule has 0 atom stereocenters. The number of H-pyrrole nitrogens is 1. The molecule has 0 saturated heterocycles. The van der Waals surface area contributed by atoms with Crippen LogP contribution in [0.5, 0.6) is 0 Å². The predicted octanol–water partition coefficient (Wildman–Crippen LogP) is 2.91. The third kappa shape index (κ3) is 2.05. The van der Waals surface area contributed by atoms with Crippen molar-refractivity contribution in [3.63, 3.8) is 0 Å². The van der Waals surface area contributed by atoms with Gasteiger partial charge in [-0.3, -0.25) is 5.10 Å². The van der Waals surface area contributed by atoms with Crippen LogP contribution < -0.4 is 0 Å². The van der Waals surface area contributed by atoms with Gasteiger partial charge in [0.25, 0.3) is 0 Å². The lowest BCUT2D eigenvalue weighted by atomic mass is 9.76. The minimum Gasteiger partial charge on any atom is -0.306 e. The van der Waals surface area contributed by atoms with Crippen molar-refractivity contribution >= 4 is 12.2 Å². The van der Waals surface area contributed by atoms with Crippen LogP contribution in [0, 0.1) is 10.2 Å². The molecule has 0 aromatic carbocycles. The molecule has 0 bridgehead atoms. The number of rotatable bonds is 2. The number of nitrogens with one attached hydrogen (secondary N) is 1. The summed E-state index contributed by atoms with van der Waals surface area (Å²) in [6, 6.07) is 0. The summed E-state index contributed by atoms with van der Waals surface area (Å²) in [5, 5.41) is 6.76. The summed E-state index contributed by atoms with van der Waals surface area (Å²) in [6.45, 7) is 3.38. The number of aromatic nitrogens is 3. The summed E-state index contributed by atoms with van der Waals surface area (Å²) in [6.07, 6.45) is 8.57. The van der Waals surface area contributed by atoms with Gasteiger partial charge in [0.1, 0.15) is 6.33 Å². The summed E-state index contributed by atoms with van der Waals surface area (Å²) < 4.78 is 2.80. The van der Waals surface area contributed by atoms with Gasteiger partial charge in [-0.2, -0.15) is 5.10 Å². The topological polar surface area (TPSA) is 33.6 Å². The van der Waals surface area contributed by atoms with Crippen molar-refractivity contribution in [2.24, 2.45) is 5.41 Å². The second kappa shape index (κ2) is 3.85. The zero-order chi connectivity index (χ0) is 10.0. The average molecular weight is 211 g/mol. The smallest absolute Gasteiger partial charge is 0.194 e. The maximum Gasteiger partial charge on any atom is 0.194 e. The lowest BCUT2D eigenvalue weighted by Crippen LogP contribution is -2.25. The molecule has 1 heterocycles. The van der Waals surface area contributed by atoms with Gasteiger partial charge in [-0.05, 0) is 30.5 Å². The van der Waals surface area contributed by atoms with Gasteiger partial charge in [0.05, 0.1) is 0 Å². The van der Waals surface area contributed by atoms with Crippen molar-refractivity contribution in [2.45, 2.75) is 45.6 Å². The monoisotopic (exact) mass is 211 g/mol. The van der Waals surface area contributed by atoms with E-state index in [1.165, 1.54) is 32.1 Å². The fourth-order valence-electron chi connectivity index (χ4n) is 2.36. The third-order valence-electron chi connectivity index (χ3n) is 3.23. The van der Waals surface area contributed by atoms with E-state index in [2.05, 4.69) is 21.7 Å². The van der Waals surface area contributed by atoms with Gasteiger partial charge in [0.15, 0.2) is 4.77 Å². The highest BCUT2D eigenvalue weighted by Gasteiger charge is 2.27. The van der Waals surface area contributed by atoms with Crippen LogP contribution in [0.25, 0.3) is 0 Å². The number of nitrogens with zero attached hydrogens (tertiary/aromatic N) is 2. The molecular weight excluding hydrogens is 194 g/mol. The standard InChI is InChI=1S/C10H17N3S/c1-10(5-3-2-4-6-10)7-13-8-11-12-9(13)14/h8H,2-7H2,1H3,(H,12,14). The van der Waals surface area contributed by atoms with E-state index in [0.29, 0.717) is 5.41 Å². The maximum absolute atomic E-state index is 5.15. The first kappa shape index (κ1) is 9.90. The minimum absolute atomic E-state index is 0.431. The number of hydrogen-bond acceptors (Lipinski definition) is 2. The molecule has 4 heteroatoms. The molecule has 3 nitrogen and oxygen atoms in total. The molecular formula is C10H17N3S. The molecule has 1 aromatic heterocycles. The zero-order valence-electron chi connectivity index (χ0n) is 8.62. The van der Waals surface area contributed by atoms with Gasteiger partial charge < -0.3 is 4.57 Å². The first-order valence-electron chi connectivity index (χ1n) is 5.29. The van der Waals surface area contributed by atoms with E-state index in [4.69, 9.17) is 12.2 Å². The zero-order valence-corrected chi connectivity index (χ0v) is 9.44. The van der Waals surface area contributed by atoms with Crippen molar-refractivity contribution < 1.29 is 0 Å². The van der Waals surface area contributed by atoms with Gasteiger partial charge >= 0.3 is 0 Å². The van der Waals surface area contributed by atoms with E-state index < -0.39 is 0 Å². The molecule has 0 radical (unpaired) electrons. The van der Waals surface area contributed by atoms with Crippen LogP contribution in [0.15, 0.2) is 6.33 Å². The number of hydrogen-bond donors (Lipinski definition) is 1. The van der Waals surface area contributed by atoms with Gasteiger partial charge in [-0.1, -0.05) is 26.2 Å². The average Bonchev–Trinajstić information content (AvgIpc) is 2.52. The van der Waals surface area contributed by atoms with Crippen molar-refractivity contribution in [2.75, 3.05) is 0 Å². The molecule has 78 valence electrons. The van der Waals surface area contributed by atoms with Gasteiger partial charge in [0, 0.05) is 6.54 Å². The summed E-state index contributed by atoms with van der Waals surface area (Å²) in [5.74, 6) is 0. The molecule has 0 spiro atoms. The Morgan fingerprint density at radius 3 is 2.79 bits per heavy atom. The molecule has 0 aliphatic heterocycles. The van der Waals surface area contributed by atoms with Gasteiger partial charge in [-0.15, -0.1) is 0 Å². The van der Waals surface area contributed by atoms with Crippen molar-refractivity contribution in [1.29, 1.82) is 0 Å². The quantitative estimate of drug-likeness (QED) is 0.763. The molecule has 1 aliphatic rings. The molecule has 14 heavy (non-hydrogen) atoms. The van der Waals surface area contributed by atoms with E-state index in [0.717, 1.165) is 11.3 Å². The Morgan fingerprint density at radius 2 is 2.21 bits per heavy atom. The second-order valence-electron chi connectivity index (χ2n) is 4.66. The summed E-state index contributed by atoms with van der Waals surface area (Å²) in [5.41, 5.74) is 0.431. The first-order chi connectivity index (χ1) is 6.70. The van der Waals surface area contributed by atoms with E-state index >= 15 is 0 Å². The predicted molar refractivity (Wildman–Crippen MR) is 58.6 cm³/mol. The summed E-state index contributed by atoms with van der Waals surface area (Å²) in [7, 11) is 0. The lowest BCUT2D eigenvalue weighted by Gasteiger charge is -2.33. The Hall–Kier alpha value is -0.640. The van der Waals surface area contributed by atoms with Crippen molar-refractivity contribution in [3.05, 3.63) is 11.1 Å². The van der Waals surface area contributed by atoms with E-state index in [1.807, 2.05) is 6.33 Å². The van der Waals surface area contributed by atoms with Crippen LogP contribution in [0.4, 0.5) is 0 Å².